The van der Waals surface area contributed by atoms with E-state index in [0.717, 1.165) is 5.69 Å². The van der Waals surface area contributed by atoms with E-state index in [0.29, 0.717) is 25.2 Å². The van der Waals surface area contributed by atoms with E-state index in [9.17, 15) is 9.18 Å². The van der Waals surface area contributed by atoms with Crippen molar-refractivity contribution in [2.24, 2.45) is 0 Å². The second-order valence-electron chi connectivity index (χ2n) is 4.95. The number of aromatic nitrogens is 1. The molecule has 2 aromatic rings. The van der Waals surface area contributed by atoms with Crippen molar-refractivity contribution in [3.8, 4) is 5.75 Å². The molecule has 0 bridgehead atoms. The van der Waals surface area contributed by atoms with Gasteiger partial charge in [0.1, 0.15) is 11.6 Å². The average Bonchev–Trinajstić information content (AvgIpc) is 2.54. The maximum Gasteiger partial charge on any atom is 0.220 e. The zero-order valence-corrected chi connectivity index (χ0v) is 12.5. The Morgan fingerprint density at radius 2 is 2.05 bits per heavy atom. The van der Waals surface area contributed by atoms with Crippen LogP contribution in [0.1, 0.15) is 31.5 Å². The predicted molar refractivity (Wildman–Crippen MR) is 81.9 cm³/mol. The quantitative estimate of drug-likeness (QED) is 0.799. The predicted octanol–water partition coefficient (Wildman–Crippen LogP) is 3.26. The number of ether oxygens (including phenoxy) is 1. The summed E-state index contributed by atoms with van der Waals surface area (Å²) in [5.41, 5.74) is 0.832. The molecule has 0 spiro atoms. The fourth-order valence-corrected chi connectivity index (χ4v) is 1.97. The summed E-state index contributed by atoms with van der Waals surface area (Å²) in [7, 11) is 0. The van der Waals surface area contributed by atoms with Gasteiger partial charge in [-0.2, -0.15) is 0 Å². The first-order chi connectivity index (χ1) is 10.6. The first-order valence-electron chi connectivity index (χ1n) is 7.24. The second-order valence-corrected chi connectivity index (χ2v) is 4.95. The smallest absolute Gasteiger partial charge is 0.220 e. The molecular weight excluding hydrogens is 283 g/mol. The van der Waals surface area contributed by atoms with Gasteiger partial charge in [0.15, 0.2) is 0 Å². The lowest BCUT2D eigenvalue weighted by Gasteiger charge is -2.13. The molecule has 1 aromatic carbocycles. The van der Waals surface area contributed by atoms with Crippen LogP contribution in [0.3, 0.4) is 0 Å². The van der Waals surface area contributed by atoms with E-state index in [1.165, 1.54) is 12.1 Å². The molecule has 1 amide bonds. The highest BCUT2D eigenvalue weighted by molar-refractivity contribution is 5.76. The lowest BCUT2D eigenvalue weighted by molar-refractivity contribution is -0.122. The monoisotopic (exact) mass is 302 g/mol. The van der Waals surface area contributed by atoms with Gasteiger partial charge in [0.25, 0.3) is 0 Å². The van der Waals surface area contributed by atoms with E-state index in [4.69, 9.17) is 4.74 Å². The Morgan fingerprint density at radius 1 is 1.27 bits per heavy atom. The van der Waals surface area contributed by atoms with Crippen LogP contribution in [0.15, 0.2) is 48.7 Å². The van der Waals surface area contributed by atoms with Crippen LogP contribution in [0.4, 0.5) is 4.39 Å². The topological polar surface area (TPSA) is 51.2 Å². The fourth-order valence-electron chi connectivity index (χ4n) is 1.97. The molecule has 0 saturated carbocycles. The number of pyridine rings is 1. The van der Waals surface area contributed by atoms with Crippen LogP contribution >= 0.6 is 0 Å². The first kappa shape index (κ1) is 15.9. The lowest BCUT2D eigenvalue weighted by atomic mass is 10.2. The third kappa shape index (κ3) is 5.16. The number of nitrogens with one attached hydrogen (secondary N) is 1. The van der Waals surface area contributed by atoms with Gasteiger partial charge in [-0.05, 0) is 49.7 Å². The molecular formula is C17H19FN2O2. The van der Waals surface area contributed by atoms with Gasteiger partial charge >= 0.3 is 0 Å². The minimum absolute atomic E-state index is 0.0409. The molecule has 0 aliphatic rings. The molecule has 116 valence electrons. The fraction of sp³-hybridized carbons (Fsp3) is 0.294. The Balaban J connectivity index is 1.66. The van der Waals surface area contributed by atoms with Crippen LogP contribution in [0.25, 0.3) is 0 Å². The zero-order valence-electron chi connectivity index (χ0n) is 12.5. The molecule has 0 aliphatic carbocycles. The van der Waals surface area contributed by atoms with Crippen LogP contribution in [0, 0.1) is 5.82 Å². The molecule has 4 nitrogen and oxygen atoms in total. The number of halogens is 1. The van der Waals surface area contributed by atoms with E-state index < -0.39 is 0 Å². The summed E-state index contributed by atoms with van der Waals surface area (Å²) in [5.74, 6) is 0.264. The van der Waals surface area contributed by atoms with Crippen molar-refractivity contribution >= 4 is 5.91 Å². The first-order valence-corrected chi connectivity index (χ1v) is 7.24. The van der Waals surface area contributed by atoms with Gasteiger partial charge in [-0.1, -0.05) is 6.07 Å². The summed E-state index contributed by atoms with van der Waals surface area (Å²) < 4.78 is 18.2. The molecule has 1 atom stereocenters. The van der Waals surface area contributed by atoms with Crippen LogP contribution in [-0.4, -0.2) is 17.5 Å². The molecule has 1 heterocycles. The van der Waals surface area contributed by atoms with Crippen LogP contribution in [-0.2, 0) is 4.79 Å². The molecule has 0 aliphatic heterocycles. The van der Waals surface area contributed by atoms with Gasteiger partial charge in [-0.25, -0.2) is 4.39 Å². The third-order valence-electron chi connectivity index (χ3n) is 3.14. The maximum atomic E-state index is 12.7. The minimum atomic E-state index is -0.296. The van der Waals surface area contributed by atoms with Gasteiger partial charge in [0, 0.05) is 12.6 Å². The largest absolute Gasteiger partial charge is 0.494 e. The molecule has 0 radical (unpaired) electrons. The highest BCUT2D eigenvalue weighted by Crippen LogP contribution is 2.12. The number of carbonyl (C=O) groups is 1. The Morgan fingerprint density at radius 3 is 2.73 bits per heavy atom. The van der Waals surface area contributed by atoms with Crippen molar-refractivity contribution in [2.75, 3.05) is 6.61 Å². The van der Waals surface area contributed by atoms with Crippen molar-refractivity contribution in [3.05, 3.63) is 60.2 Å². The average molecular weight is 302 g/mol. The van der Waals surface area contributed by atoms with Crippen LogP contribution in [0.5, 0.6) is 5.75 Å². The van der Waals surface area contributed by atoms with Gasteiger partial charge < -0.3 is 10.1 Å². The number of hydrogen-bond donors (Lipinski definition) is 1. The molecule has 5 heteroatoms. The third-order valence-corrected chi connectivity index (χ3v) is 3.14. The highest BCUT2D eigenvalue weighted by atomic mass is 19.1. The molecule has 2 rings (SSSR count). The summed E-state index contributed by atoms with van der Waals surface area (Å²) >= 11 is 0. The molecule has 1 aromatic heterocycles. The lowest BCUT2D eigenvalue weighted by Crippen LogP contribution is -2.27. The van der Waals surface area contributed by atoms with Gasteiger partial charge in [0.05, 0.1) is 18.3 Å². The van der Waals surface area contributed by atoms with E-state index >= 15 is 0 Å². The van der Waals surface area contributed by atoms with Gasteiger partial charge in [0.2, 0.25) is 5.91 Å². The number of nitrogens with zero attached hydrogens (tertiary/aromatic N) is 1. The van der Waals surface area contributed by atoms with E-state index in [1.54, 1.807) is 18.3 Å². The minimum Gasteiger partial charge on any atom is -0.494 e. The van der Waals surface area contributed by atoms with E-state index in [-0.39, 0.29) is 17.8 Å². The Bertz CT molecular complexity index is 587. The summed E-state index contributed by atoms with van der Waals surface area (Å²) in [6.45, 7) is 2.31. The maximum absolute atomic E-state index is 12.7. The molecule has 1 N–H and O–H groups in total. The summed E-state index contributed by atoms with van der Waals surface area (Å²) in [6, 6.07) is 11.3. The van der Waals surface area contributed by atoms with Crippen LogP contribution < -0.4 is 10.1 Å². The van der Waals surface area contributed by atoms with Crippen molar-refractivity contribution in [2.45, 2.75) is 25.8 Å². The van der Waals surface area contributed by atoms with E-state index in [1.807, 2.05) is 25.1 Å². The van der Waals surface area contributed by atoms with E-state index in [2.05, 4.69) is 10.3 Å². The Labute approximate surface area is 129 Å². The molecule has 0 fully saturated rings. The van der Waals surface area contributed by atoms with Crippen molar-refractivity contribution < 1.29 is 13.9 Å². The summed E-state index contributed by atoms with van der Waals surface area (Å²) in [6.07, 6.45) is 2.67. The highest BCUT2D eigenvalue weighted by Gasteiger charge is 2.09. The SMILES string of the molecule is CC(NC(=O)CCCOc1ccc(F)cc1)c1ccccn1. The van der Waals surface area contributed by atoms with Gasteiger partial charge in [-0.15, -0.1) is 0 Å². The summed E-state index contributed by atoms with van der Waals surface area (Å²) in [4.78, 5) is 16.0. The van der Waals surface area contributed by atoms with Gasteiger partial charge in [-0.3, -0.25) is 9.78 Å². The molecule has 1 unspecified atom stereocenters. The number of hydrogen-bond acceptors (Lipinski definition) is 3. The zero-order chi connectivity index (χ0) is 15.8. The number of carbonyl (C=O) groups excluding carboxylic acids is 1. The van der Waals surface area contributed by atoms with Crippen molar-refractivity contribution in [1.29, 1.82) is 0 Å². The molecule has 0 saturated heterocycles. The standard InChI is InChI=1S/C17H19FN2O2/c1-13(16-5-2-3-11-19-16)20-17(21)6-4-12-22-15-9-7-14(18)8-10-15/h2-3,5,7-11,13H,4,6,12H2,1H3,(H,20,21). The second kappa shape index (κ2) is 8.12. The normalized spacial score (nSPS) is 11.7. The number of benzene rings is 1. The summed E-state index contributed by atoms with van der Waals surface area (Å²) in [5, 5.41) is 2.90. The Hall–Kier alpha value is -2.43. The molecule has 22 heavy (non-hydrogen) atoms. The Kier molecular flexibility index (Phi) is 5.89. The van der Waals surface area contributed by atoms with Crippen molar-refractivity contribution in [1.82, 2.24) is 10.3 Å². The van der Waals surface area contributed by atoms with Crippen molar-refractivity contribution in [3.63, 3.8) is 0 Å². The number of amides is 1. The van der Waals surface area contributed by atoms with Crippen LogP contribution in [0.2, 0.25) is 0 Å². The number of rotatable bonds is 7.